The van der Waals surface area contributed by atoms with E-state index in [1.807, 2.05) is 0 Å². The summed E-state index contributed by atoms with van der Waals surface area (Å²) in [6.45, 7) is 5.55. The summed E-state index contributed by atoms with van der Waals surface area (Å²) < 4.78 is 18.6. The molecule has 0 saturated carbocycles. The van der Waals surface area contributed by atoms with Gasteiger partial charge in [-0.25, -0.2) is 4.39 Å². The Morgan fingerprint density at radius 1 is 1.58 bits per heavy atom. The van der Waals surface area contributed by atoms with E-state index in [2.05, 4.69) is 29.2 Å². The number of morpholine rings is 1. The molecule has 1 aromatic rings. The zero-order valence-electron chi connectivity index (χ0n) is 11.6. The highest BCUT2D eigenvalue weighted by molar-refractivity contribution is 5.10. The van der Waals surface area contributed by atoms with Gasteiger partial charge in [0.15, 0.2) is 0 Å². The minimum absolute atomic E-state index is 0.200. The van der Waals surface area contributed by atoms with Crippen LogP contribution in [0.15, 0.2) is 18.3 Å². The van der Waals surface area contributed by atoms with Crippen LogP contribution in [0.5, 0.6) is 0 Å². The summed E-state index contributed by atoms with van der Waals surface area (Å²) in [5, 5.41) is 3.33. The van der Waals surface area contributed by atoms with Crippen molar-refractivity contribution in [3.05, 3.63) is 29.8 Å². The number of ether oxygens (including phenoxy) is 1. The highest BCUT2D eigenvalue weighted by Gasteiger charge is 2.21. The summed E-state index contributed by atoms with van der Waals surface area (Å²) in [6.07, 6.45) is 2.44. The van der Waals surface area contributed by atoms with Crippen LogP contribution < -0.4 is 5.32 Å². The molecule has 0 spiro atoms. The third kappa shape index (κ3) is 3.96. The fourth-order valence-electron chi connectivity index (χ4n) is 2.52. The third-order valence-corrected chi connectivity index (χ3v) is 3.51. The number of halogens is 1. The standard InChI is InChI=1S/C14H22FN3O/c1-3-14(13-5-4-11(15)8-17-13)18(2)10-12-9-16-6-7-19-12/h4-5,8,12,14,16H,3,6-7,9-10H2,1-2H3. The summed E-state index contributed by atoms with van der Waals surface area (Å²) in [5.41, 5.74) is 0.912. The van der Waals surface area contributed by atoms with Crippen molar-refractivity contribution in [3.8, 4) is 0 Å². The van der Waals surface area contributed by atoms with E-state index in [9.17, 15) is 4.39 Å². The summed E-state index contributed by atoms with van der Waals surface area (Å²) in [6, 6.07) is 3.43. The van der Waals surface area contributed by atoms with Gasteiger partial charge in [0, 0.05) is 19.6 Å². The molecule has 1 fully saturated rings. The Morgan fingerprint density at radius 2 is 2.42 bits per heavy atom. The average molecular weight is 267 g/mol. The molecule has 106 valence electrons. The van der Waals surface area contributed by atoms with Crippen LogP contribution in [0.25, 0.3) is 0 Å². The van der Waals surface area contributed by atoms with Gasteiger partial charge in [-0.15, -0.1) is 0 Å². The first kappa shape index (κ1) is 14.4. The van der Waals surface area contributed by atoms with Gasteiger partial charge in [-0.1, -0.05) is 6.92 Å². The lowest BCUT2D eigenvalue weighted by Crippen LogP contribution is -2.45. The second kappa shape index (κ2) is 6.93. The van der Waals surface area contributed by atoms with Gasteiger partial charge >= 0.3 is 0 Å². The van der Waals surface area contributed by atoms with Crippen LogP contribution in [0, 0.1) is 5.82 Å². The Kier molecular flexibility index (Phi) is 5.24. The lowest BCUT2D eigenvalue weighted by atomic mass is 10.1. The molecule has 4 nitrogen and oxygen atoms in total. The maximum Gasteiger partial charge on any atom is 0.141 e. The molecule has 0 bridgehead atoms. The van der Waals surface area contributed by atoms with E-state index >= 15 is 0 Å². The van der Waals surface area contributed by atoms with Gasteiger partial charge in [0.05, 0.1) is 30.6 Å². The first-order valence-corrected chi connectivity index (χ1v) is 6.84. The van der Waals surface area contributed by atoms with Gasteiger partial charge < -0.3 is 10.1 Å². The van der Waals surface area contributed by atoms with Crippen LogP contribution in [0.1, 0.15) is 25.1 Å². The van der Waals surface area contributed by atoms with E-state index in [0.717, 1.165) is 38.4 Å². The van der Waals surface area contributed by atoms with Gasteiger partial charge in [-0.05, 0) is 25.6 Å². The monoisotopic (exact) mass is 267 g/mol. The largest absolute Gasteiger partial charge is 0.374 e. The lowest BCUT2D eigenvalue weighted by molar-refractivity contribution is 0.00194. The Labute approximate surface area is 114 Å². The van der Waals surface area contributed by atoms with Gasteiger partial charge in [0.2, 0.25) is 0 Å². The predicted octanol–water partition coefficient (Wildman–Crippen LogP) is 1.59. The normalized spacial score (nSPS) is 21.6. The predicted molar refractivity (Wildman–Crippen MR) is 72.5 cm³/mol. The maximum absolute atomic E-state index is 12.9. The Morgan fingerprint density at radius 3 is 3.00 bits per heavy atom. The lowest BCUT2D eigenvalue weighted by Gasteiger charge is -2.32. The van der Waals surface area contributed by atoms with E-state index in [1.165, 1.54) is 12.3 Å². The zero-order chi connectivity index (χ0) is 13.7. The summed E-state index contributed by atoms with van der Waals surface area (Å²) in [7, 11) is 2.07. The van der Waals surface area contributed by atoms with Crippen LogP contribution in [0.2, 0.25) is 0 Å². The number of aromatic nitrogens is 1. The second-order valence-electron chi connectivity index (χ2n) is 4.96. The van der Waals surface area contributed by atoms with Crippen LogP contribution in [-0.2, 0) is 4.74 Å². The molecular formula is C14H22FN3O. The van der Waals surface area contributed by atoms with Crippen LogP contribution in [-0.4, -0.2) is 49.3 Å². The highest BCUT2D eigenvalue weighted by Crippen LogP contribution is 2.21. The SMILES string of the molecule is CCC(c1ccc(F)cn1)N(C)CC1CNCCO1. The molecule has 5 heteroatoms. The minimum Gasteiger partial charge on any atom is -0.374 e. The molecule has 1 saturated heterocycles. The van der Waals surface area contributed by atoms with E-state index in [0.29, 0.717) is 0 Å². The summed E-state index contributed by atoms with van der Waals surface area (Å²) in [4.78, 5) is 6.42. The van der Waals surface area contributed by atoms with Crippen molar-refractivity contribution in [2.45, 2.75) is 25.5 Å². The van der Waals surface area contributed by atoms with E-state index in [-0.39, 0.29) is 18.0 Å². The first-order valence-electron chi connectivity index (χ1n) is 6.84. The van der Waals surface area contributed by atoms with Crippen LogP contribution >= 0.6 is 0 Å². The molecular weight excluding hydrogens is 245 g/mol. The summed E-state index contributed by atoms with van der Waals surface area (Å²) in [5.74, 6) is -0.291. The van der Waals surface area contributed by atoms with E-state index in [1.54, 1.807) is 6.07 Å². The number of hydrogen-bond donors (Lipinski definition) is 1. The van der Waals surface area contributed by atoms with Gasteiger partial charge in [-0.2, -0.15) is 0 Å². The van der Waals surface area contributed by atoms with Crippen LogP contribution in [0.3, 0.4) is 0 Å². The topological polar surface area (TPSA) is 37.4 Å². The molecule has 1 aliphatic heterocycles. The van der Waals surface area contributed by atoms with Gasteiger partial charge in [0.1, 0.15) is 5.82 Å². The van der Waals surface area contributed by atoms with Gasteiger partial charge in [-0.3, -0.25) is 9.88 Å². The van der Waals surface area contributed by atoms with Gasteiger partial charge in [0.25, 0.3) is 0 Å². The van der Waals surface area contributed by atoms with Crippen molar-refractivity contribution in [2.24, 2.45) is 0 Å². The van der Waals surface area contributed by atoms with Crippen molar-refractivity contribution in [3.63, 3.8) is 0 Å². The molecule has 0 aromatic carbocycles. The molecule has 1 N–H and O–H groups in total. The Balaban J connectivity index is 1.97. The average Bonchev–Trinajstić information content (AvgIpc) is 2.43. The highest BCUT2D eigenvalue weighted by atomic mass is 19.1. The Hall–Kier alpha value is -1.04. The van der Waals surface area contributed by atoms with Crippen molar-refractivity contribution in [1.29, 1.82) is 0 Å². The fraction of sp³-hybridized carbons (Fsp3) is 0.643. The molecule has 0 amide bonds. The number of nitrogens with one attached hydrogen (secondary N) is 1. The fourth-order valence-corrected chi connectivity index (χ4v) is 2.52. The molecule has 0 aliphatic carbocycles. The van der Waals surface area contributed by atoms with E-state index in [4.69, 9.17) is 4.74 Å². The van der Waals surface area contributed by atoms with E-state index < -0.39 is 0 Å². The molecule has 19 heavy (non-hydrogen) atoms. The molecule has 2 rings (SSSR count). The van der Waals surface area contributed by atoms with Crippen molar-refractivity contribution in [1.82, 2.24) is 15.2 Å². The molecule has 1 aliphatic rings. The number of likely N-dealkylation sites (N-methyl/N-ethyl adjacent to an activating group) is 1. The molecule has 2 atom stereocenters. The molecule has 1 aromatic heterocycles. The van der Waals surface area contributed by atoms with Crippen molar-refractivity contribution in [2.75, 3.05) is 33.3 Å². The minimum atomic E-state index is -0.291. The summed E-state index contributed by atoms with van der Waals surface area (Å²) >= 11 is 0. The van der Waals surface area contributed by atoms with Crippen LogP contribution in [0.4, 0.5) is 4.39 Å². The van der Waals surface area contributed by atoms with Crippen molar-refractivity contribution < 1.29 is 9.13 Å². The molecule has 0 radical (unpaired) electrons. The maximum atomic E-state index is 12.9. The first-order chi connectivity index (χ1) is 9.20. The third-order valence-electron chi connectivity index (χ3n) is 3.51. The number of nitrogens with zero attached hydrogens (tertiary/aromatic N) is 2. The van der Waals surface area contributed by atoms with Crippen molar-refractivity contribution >= 4 is 0 Å². The second-order valence-corrected chi connectivity index (χ2v) is 4.96. The molecule has 2 heterocycles. The number of pyridine rings is 1. The Bertz CT molecular complexity index is 379. The number of hydrogen-bond acceptors (Lipinski definition) is 4. The smallest absolute Gasteiger partial charge is 0.141 e. The number of rotatable bonds is 5. The molecule has 2 unspecified atom stereocenters. The quantitative estimate of drug-likeness (QED) is 0.879. The zero-order valence-corrected chi connectivity index (χ0v) is 11.6.